The number of nitrogens with one attached hydrogen (secondary N) is 1. The number of nitrogens with zero attached hydrogens (tertiary/aromatic N) is 3. The van der Waals surface area contributed by atoms with Crippen LogP contribution in [0.25, 0.3) is 0 Å². The lowest BCUT2D eigenvalue weighted by molar-refractivity contribution is -0.129. The first-order chi connectivity index (χ1) is 13.1. The van der Waals surface area contributed by atoms with Crippen molar-refractivity contribution in [1.29, 1.82) is 0 Å². The van der Waals surface area contributed by atoms with E-state index in [-0.39, 0.29) is 17.8 Å². The molecule has 2 aromatic rings. The van der Waals surface area contributed by atoms with Crippen LogP contribution in [0.5, 0.6) is 0 Å². The van der Waals surface area contributed by atoms with Crippen molar-refractivity contribution in [2.75, 3.05) is 37.2 Å². The molecule has 1 fully saturated rings. The molecule has 8 heteroatoms. The van der Waals surface area contributed by atoms with Gasteiger partial charge in [0.1, 0.15) is 5.82 Å². The quantitative estimate of drug-likeness (QED) is 0.855. The molecule has 3 amide bonds. The van der Waals surface area contributed by atoms with Crippen LogP contribution in [0.15, 0.2) is 48.8 Å². The lowest BCUT2D eigenvalue weighted by Gasteiger charge is -2.34. The van der Waals surface area contributed by atoms with Crippen molar-refractivity contribution in [2.45, 2.75) is 5.75 Å². The van der Waals surface area contributed by atoms with E-state index in [1.807, 2.05) is 12.1 Å². The summed E-state index contributed by atoms with van der Waals surface area (Å²) in [6.07, 6.45) is 3.53. The molecule has 2 heterocycles. The molecular weight excluding hydrogens is 367 g/mol. The zero-order valence-electron chi connectivity index (χ0n) is 14.8. The van der Waals surface area contributed by atoms with Crippen molar-refractivity contribution in [3.8, 4) is 0 Å². The number of benzene rings is 1. The SMILES string of the molecule is O=C(CSCc1cccnc1)N1CCN(C(=O)Nc2ccc(F)cc2)CC1. The number of carbonyl (C=O) groups excluding carboxylic acids is 2. The highest BCUT2D eigenvalue weighted by Gasteiger charge is 2.24. The summed E-state index contributed by atoms with van der Waals surface area (Å²) >= 11 is 1.56. The maximum Gasteiger partial charge on any atom is 0.321 e. The number of halogens is 1. The zero-order valence-corrected chi connectivity index (χ0v) is 15.6. The van der Waals surface area contributed by atoms with Gasteiger partial charge >= 0.3 is 6.03 Å². The van der Waals surface area contributed by atoms with Crippen LogP contribution in [-0.4, -0.2) is 58.7 Å². The van der Waals surface area contributed by atoms with Crippen molar-refractivity contribution >= 4 is 29.4 Å². The van der Waals surface area contributed by atoms with Gasteiger partial charge in [0, 0.05) is 50.0 Å². The maximum absolute atomic E-state index is 12.9. The summed E-state index contributed by atoms with van der Waals surface area (Å²) in [6, 6.07) is 9.28. The Hall–Kier alpha value is -2.61. The van der Waals surface area contributed by atoms with Gasteiger partial charge in [-0.2, -0.15) is 0 Å². The zero-order chi connectivity index (χ0) is 19.1. The highest BCUT2D eigenvalue weighted by Crippen LogP contribution is 2.14. The average Bonchev–Trinajstić information content (AvgIpc) is 2.70. The van der Waals surface area contributed by atoms with Crippen molar-refractivity contribution in [2.24, 2.45) is 0 Å². The molecule has 1 aromatic heterocycles. The topological polar surface area (TPSA) is 65.5 Å². The number of rotatable bonds is 5. The first-order valence-electron chi connectivity index (χ1n) is 8.68. The molecule has 1 saturated heterocycles. The molecule has 3 rings (SSSR count). The van der Waals surface area contributed by atoms with E-state index in [0.717, 1.165) is 11.3 Å². The van der Waals surface area contributed by atoms with Gasteiger partial charge in [0.25, 0.3) is 0 Å². The van der Waals surface area contributed by atoms with Crippen molar-refractivity contribution < 1.29 is 14.0 Å². The first-order valence-corrected chi connectivity index (χ1v) is 9.83. The number of carbonyl (C=O) groups is 2. The van der Waals surface area contributed by atoms with Gasteiger partial charge in [-0.3, -0.25) is 9.78 Å². The second-order valence-electron chi connectivity index (χ2n) is 6.16. The van der Waals surface area contributed by atoms with Gasteiger partial charge in [-0.25, -0.2) is 9.18 Å². The number of amides is 3. The van der Waals surface area contributed by atoms with E-state index in [0.29, 0.717) is 37.6 Å². The molecule has 0 saturated carbocycles. The Morgan fingerprint density at radius 2 is 1.78 bits per heavy atom. The molecule has 142 valence electrons. The third kappa shape index (κ3) is 5.68. The van der Waals surface area contributed by atoms with Gasteiger partial charge in [-0.15, -0.1) is 11.8 Å². The summed E-state index contributed by atoms with van der Waals surface area (Å²) in [7, 11) is 0. The summed E-state index contributed by atoms with van der Waals surface area (Å²) in [5, 5.41) is 2.74. The second kappa shape index (κ2) is 9.36. The number of hydrogen-bond donors (Lipinski definition) is 1. The smallest absolute Gasteiger partial charge is 0.321 e. The number of thioether (sulfide) groups is 1. The second-order valence-corrected chi connectivity index (χ2v) is 7.14. The highest BCUT2D eigenvalue weighted by molar-refractivity contribution is 7.99. The number of piperazine rings is 1. The van der Waals surface area contributed by atoms with E-state index in [1.165, 1.54) is 24.3 Å². The minimum atomic E-state index is -0.346. The Morgan fingerprint density at radius 3 is 2.44 bits per heavy atom. The van der Waals surface area contributed by atoms with Crippen LogP contribution in [0.4, 0.5) is 14.9 Å². The fourth-order valence-corrected chi connectivity index (χ4v) is 3.59. The number of anilines is 1. The van der Waals surface area contributed by atoms with Crippen LogP contribution in [0.2, 0.25) is 0 Å². The molecule has 0 atom stereocenters. The molecule has 27 heavy (non-hydrogen) atoms. The molecule has 1 N–H and O–H groups in total. The normalized spacial score (nSPS) is 14.1. The van der Waals surface area contributed by atoms with E-state index >= 15 is 0 Å². The molecule has 0 aliphatic carbocycles. The van der Waals surface area contributed by atoms with Crippen LogP contribution < -0.4 is 5.32 Å². The molecule has 1 aromatic carbocycles. The Kier molecular flexibility index (Phi) is 6.64. The molecule has 0 spiro atoms. The first kappa shape index (κ1) is 19.2. The average molecular weight is 388 g/mol. The van der Waals surface area contributed by atoms with Crippen molar-refractivity contribution in [1.82, 2.24) is 14.8 Å². The minimum absolute atomic E-state index is 0.0856. The fraction of sp³-hybridized carbons (Fsp3) is 0.316. The molecular formula is C19H21FN4O2S. The standard InChI is InChI=1S/C19H21FN4O2S/c20-16-3-5-17(6-4-16)22-19(26)24-10-8-23(9-11-24)18(25)14-27-13-15-2-1-7-21-12-15/h1-7,12H,8-11,13-14H2,(H,22,26). The minimum Gasteiger partial charge on any atom is -0.338 e. The predicted octanol–water partition coefficient (Wildman–Crippen LogP) is 2.83. The van der Waals surface area contributed by atoms with Crippen LogP contribution in [0, 0.1) is 5.82 Å². The molecule has 0 bridgehead atoms. The summed E-state index contributed by atoms with van der Waals surface area (Å²) in [5.74, 6) is 0.903. The number of urea groups is 1. The molecule has 1 aliphatic rings. The van der Waals surface area contributed by atoms with Gasteiger partial charge in [-0.05, 0) is 35.9 Å². The van der Waals surface area contributed by atoms with Gasteiger partial charge < -0.3 is 15.1 Å². The van der Waals surface area contributed by atoms with Crippen LogP contribution >= 0.6 is 11.8 Å². The van der Waals surface area contributed by atoms with Gasteiger partial charge in [0.2, 0.25) is 5.91 Å². The van der Waals surface area contributed by atoms with Gasteiger partial charge in [-0.1, -0.05) is 6.07 Å². The molecule has 6 nitrogen and oxygen atoms in total. The molecule has 0 radical (unpaired) electrons. The third-order valence-electron chi connectivity index (χ3n) is 4.23. The lowest BCUT2D eigenvalue weighted by atomic mass is 10.3. The van der Waals surface area contributed by atoms with Gasteiger partial charge in [0.15, 0.2) is 0 Å². The Morgan fingerprint density at radius 1 is 1.07 bits per heavy atom. The van der Waals surface area contributed by atoms with E-state index in [4.69, 9.17) is 0 Å². The maximum atomic E-state index is 12.9. The summed E-state index contributed by atoms with van der Waals surface area (Å²) in [6.45, 7) is 1.99. The van der Waals surface area contributed by atoms with E-state index < -0.39 is 0 Å². The van der Waals surface area contributed by atoms with E-state index in [9.17, 15) is 14.0 Å². The van der Waals surface area contributed by atoms with Crippen LogP contribution in [0.3, 0.4) is 0 Å². The number of aromatic nitrogens is 1. The Labute approximate surface area is 161 Å². The molecule has 0 unspecified atom stereocenters. The summed E-state index contributed by atoms with van der Waals surface area (Å²) < 4.78 is 12.9. The third-order valence-corrected chi connectivity index (χ3v) is 5.22. The number of pyridine rings is 1. The fourth-order valence-electron chi connectivity index (χ4n) is 2.73. The largest absolute Gasteiger partial charge is 0.338 e. The van der Waals surface area contributed by atoms with E-state index in [2.05, 4.69) is 10.3 Å². The number of hydrogen-bond acceptors (Lipinski definition) is 4. The van der Waals surface area contributed by atoms with E-state index in [1.54, 1.807) is 34.0 Å². The highest BCUT2D eigenvalue weighted by atomic mass is 32.2. The summed E-state index contributed by atoms with van der Waals surface area (Å²) in [4.78, 5) is 32.1. The lowest BCUT2D eigenvalue weighted by Crippen LogP contribution is -2.52. The Balaban J connectivity index is 1.39. The van der Waals surface area contributed by atoms with Crippen LogP contribution in [-0.2, 0) is 10.5 Å². The van der Waals surface area contributed by atoms with Crippen LogP contribution in [0.1, 0.15) is 5.56 Å². The monoisotopic (exact) mass is 388 g/mol. The van der Waals surface area contributed by atoms with Crippen molar-refractivity contribution in [3.05, 3.63) is 60.2 Å². The Bertz CT molecular complexity index is 765. The molecule has 1 aliphatic heterocycles. The van der Waals surface area contributed by atoms with Gasteiger partial charge in [0.05, 0.1) is 5.75 Å². The predicted molar refractivity (Wildman–Crippen MR) is 104 cm³/mol. The summed E-state index contributed by atoms with van der Waals surface area (Å²) in [5.41, 5.74) is 1.64. The van der Waals surface area contributed by atoms with Crippen molar-refractivity contribution in [3.63, 3.8) is 0 Å².